The van der Waals surface area contributed by atoms with Crippen LogP contribution in [0.4, 0.5) is 5.69 Å². The monoisotopic (exact) mass is 272 g/mol. The Kier molecular flexibility index (Phi) is 3.03. The first-order chi connectivity index (χ1) is 9.42. The summed E-state index contributed by atoms with van der Waals surface area (Å²) in [4.78, 5) is 14.4. The molecule has 0 radical (unpaired) electrons. The van der Waals surface area contributed by atoms with E-state index in [4.69, 9.17) is 0 Å². The number of carbonyl (C=O) groups excluding carboxylic acids is 1. The van der Waals surface area contributed by atoms with Gasteiger partial charge in [0.15, 0.2) is 0 Å². The van der Waals surface area contributed by atoms with E-state index in [1.54, 1.807) is 0 Å². The second-order valence-corrected chi connectivity index (χ2v) is 7.22. The molecule has 0 aliphatic carbocycles. The van der Waals surface area contributed by atoms with E-state index < -0.39 is 0 Å². The molecule has 3 heteroatoms. The first-order valence-electron chi connectivity index (χ1n) is 7.55. The van der Waals surface area contributed by atoms with E-state index in [1.165, 1.54) is 11.3 Å². The molecule has 1 aromatic rings. The van der Waals surface area contributed by atoms with Gasteiger partial charge in [0.2, 0.25) is 5.91 Å². The fourth-order valence-corrected chi connectivity index (χ4v) is 3.52. The van der Waals surface area contributed by atoms with E-state index >= 15 is 0 Å². The molecule has 0 aromatic heterocycles. The number of para-hydroxylation sites is 1. The summed E-state index contributed by atoms with van der Waals surface area (Å²) in [5.41, 5.74) is 2.70. The Morgan fingerprint density at radius 1 is 1.20 bits per heavy atom. The van der Waals surface area contributed by atoms with Gasteiger partial charge in [0, 0.05) is 36.2 Å². The zero-order valence-corrected chi connectivity index (χ0v) is 12.7. The Balaban J connectivity index is 1.76. The third-order valence-electron chi connectivity index (χ3n) is 4.77. The molecule has 108 valence electrons. The molecule has 2 aliphatic heterocycles. The fraction of sp³-hybridized carbons (Fsp3) is 0.588. The molecule has 1 saturated heterocycles. The van der Waals surface area contributed by atoms with Crippen molar-refractivity contribution in [1.29, 1.82) is 0 Å². The standard InChI is InChI=1S/C17H24N2O/c1-16(2,3)15(20)19-10-8-17(9-11-19)12-18-14-7-5-4-6-13(14)17/h4-7,18H,8-12H2,1-3H3. The van der Waals surface area contributed by atoms with Gasteiger partial charge in [-0.2, -0.15) is 0 Å². The number of hydrogen-bond acceptors (Lipinski definition) is 2. The van der Waals surface area contributed by atoms with E-state index in [2.05, 4.69) is 29.6 Å². The Labute approximate surface area is 121 Å². The van der Waals surface area contributed by atoms with Gasteiger partial charge in [-0.05, 0) is 24.5 Å². The molecule has 20 heavy (non-hydrogen) atoms. The number of anilines is 1. The van der Waals surface area contributed by atoms with E-state index in [-0.39, 0.29) is 16.7 Å². The smallest absolute Gasteiger partial charge is 0.227 e. The average molecular weight is 272 g/mol. The maximum Gasteiger partial charge on any atom is 0.227 e. The fourth-order valence-electron chi connectivity index (χ4n) is 3.52. The van der Waals surface area contributed by atoms with Gasteiger partial charge >= 0.3 is 0 Å². The van der Waals surface area contributed by atoms with Crippen LogP contribution >= 0.6 is 0 Å². The van der Waals surface area contributed by atoms with Crippen LogP contribution in [-0.4, -0.2) is 30.4 Å². The minimum Gasteiger partial charge on any atom is -0.384 e. The number of amides is 1. The number of hydrogen-bond donors (Lipinski definition) is 1. The summed E-state index contributed by atoms with van der Waals surface area (Å²) in [6.45, 7) is 8.80. The number of likely N-dealkylation sites (tertiary alicyclic amines) is 1. The Hall–Kier alpha value is -1.51. The summed E-state index contributed by atoms with van der Waals surface area (Å²) in [5.74, 6) is 0.284. The highest BCUT2D eigenvalue weighted by Gasteiger charge is 2.42. The number of benzene rings is 1. The van der Waals surface area contributed by atoms with Crippen LogP contribution < -0.4 is 5.32 Å². The molecule has 1 N–H and O–H groups in total. The lowest BCUT2D eigenvalue weighted by atomic mass is 9.74. The van der Waals surface area contributed by atoms with Crippen LogP contribution in [0.1, 0.15) is 39.2 Å². The number of piperidine rings is 1. The molecule has 0 bridgehead atoms. The van der Waals surface area contributed by atoms with Crippen molar-refractivity contribution >= 4 is 11.6 Å². The van der Waals surface area contributed by atoms with Gasteiger partial charge in [0.1, 0.15) is 0 Å². The Morgan fingerprint density at radius 2 is 1.85 bits per heavy atom. The first-order valence-corrected chi connectivity index (χ1v) is 7.55. The van der Waals surface area contributed by atoms with Crippen LogP contribution in [-0.2, 0) is 10.2 Å². The topological polar surface area (TPSA) is 32.3 Å². The molecule has 0 unspecified atom stereocenters. The number of nitrogens with one attached hydrogen (secondary N) is 1. The second kappa shape index (κ2) is 4.51. The highest BCUT2D eigenvalue weighted by Crippen LogP contribution is 2.44. The highest BCUT2D eigenvalue weighted by molar-refractivity contribution is 5.81. The second-order valence-electron chi connectivity index (χ2n) is 7.22. The van der Waals surface area contributed by atoms with E-state index in [1.807, 2.05) is 25.7 Å². The van der Waals surface area contributed by atoms with Crippen molar-refractivity contribution in [3.8, 4) is 0 Å². The molecule has 0 atom stereocenters. The molecular formula is C17H24N2O. The van der Waals surface area contributed by atoms with Crippen molar-refractivity contribution in [2.75, 3.05) is 25.0 Å². The lowest BCUT2D eigenvalue weighted by molar-refractivity contribution is -0.141. The molecule has 2 heterocycles. The van der Waals surface area contributed by atoms with Crippen LogP contribution in [0.25, 0.3) is 0 Å². The quantitative estimate of drug-likeness (QED) is 0.787. The summed E-state index contributed by atoms with van der Waals surface area (Å²) in [6.07, 6.45) is 2.14. The number of fused-ring (bicyclic) bond motifs is 2. The van der Waals surface area contributed by atoms with Crippen LogP contribution in [0.3, 0.4) is 0 Å². The largest absolute Gasteiger partial charge is 0.384 e. The van der Waals surface area contributed by atoms with Crippen LogP contribution in [0, 0.1) is 5.41 Å². The van der Waals surface area contributed by atoms with E-state index in [9.17, 15) is 4.79 Å². The molecule has 0 saturated carbocycles. The zero-order valence-electron chi connectivity index (χ0n) is 12.7. The molecule has 1 aromatic carbocycles. The molecule has 3 rings (SSSR count). The SMILES string of the molecule is CC(C)(C)C(=O)N1CCC2(CC1)CNc1ccccc12. The molecule has 2 aliphatic rings. The van der Waals surface area contributed by atoms with Crippen LogP contribution in [0.5, 0.6) is 0 Å². The summed E-state index contributed by atoms with van der Waals surface area (Å²) in [5, 5.41) is 3.53. The molecule has 1 amide bonds. The zero-order chi connectivity index (χ0) is 14.4. The van der Waals surface area contributed by atoms with Crippen LogP contribution in [0.2, 0.25) is 0 Å². The predicted octanol–water partition coefficient (Wildman–Crippen LogP) is 3.02. The van der Waals surface area contributed by atoms with Crippen molar-refractivity contribution < 1.29 is 4.79 Å². The van der Waals surface area contributed by atoms with Gasteiger partial charge in [-0.15, -0.1) is 0 Å². The Morgan fingerprint density at radius 3 is 2.50 bits per heavy atom. The minimum absolute atomic E-state index is 0.241. The molecule has 1 spiro atoms. The summed E-state index contributed by atoms with van der Waals surface area (Å²) in [6, 6.07) is 8.62. The average Bonchev–Trinajstić information content (AvgIpc) is 2.78. The molecular weight excluding hydrogens is 248 g/mol. The maximum absolute atomic E-state index is 12.4. The van der Waals surface area contributed by atoms with E-state index in [0.717, 1.165) is 32.5 Å². The highest BCUT2D eigenvalue weighted by atomic mass is 16.2. The normalized spacial score (nSPS) is 20.6. The van der Waals surface area contributed by atoms with Gasteiger partial charge in [0.05, 0.1) is 0 Å². The first kappa shape index (κ1) is 13.5. The Bertz CT molecular complexity index is 522. The van der Waals surface area contributed by atoms with Gasteiger partial charge in [-0.25, -0.2) is 0 Å². The van der Waals surface area contributed by atoms with Crippen LogP contribution in [0.15, 0.2) is 24.3 Å². The lowest BCUT2D eigenvalue weighted by Gasteiger charge is -2.41. The summed E-state index contributed by atoms with van der Waals surface area (Å²) >= 11 is 0. The maximum atomic E-state index is 12.4. The number of carbonyl (C=O) groups is 1. The van der Waals surface area contributed by atoms with Gasteiger partial charge in [-0.1, -0.05) is 39.0 Å². The van der Waals surface area contributed by atoms with Crippen molar-refractivity contribution in [3.05, 3.63) is 29.8 Å². The van der Waals surface area contributed by atoms with Crippen molar-refractivity contribution in [2.24, 2.45) is 5.41 Å². The van der Waals surface area contributed by atoms with E-state index in [0.29, 0.717) is 0 Å². The summed E-state index contributed by atoms with van der Waals surface area (Å²) in [7, 11) is 0. The third kappa shape index (κ3) is 2.09. The summed E-state index contributed by atoms with van der Waals surface area (Å²) < 4.78 is 0. The van der Waals surface area contributed by atoms with Gasteiger partial charge < -0.3 is 10.2 Å². The molecule has 1 fully saturated rings. The number of rotatable bonds is 0. The van der Waals surface area contributed by atoms with Crippen molar-refractivity contribution in [3.63, 3.8) is 0 Å². The van der Waals surface area contributed by atoms with Gasteiger partial charge in [0.25, 0.3) is 0 Å². The van der Waals surface area contributed by atoms with Gasteiger partial charge in [-0.3, -0.25) is 4.79 Å². The molecule has 3 nitrogen and oxygen atoms in total. The van der Waals surface area contributed by atoms with Crippen molar-refractivity contribution in [1.82, 2.24) is 4.90 Å². The predicted molar refractivity (Wildman–Crippen MR) is 81.9 cm³/mol. The minimum atomic E-state index is -0.268. The lowest BCUT2D eigenvalue weighted by Crippen LogP contribution is -2.49. The third-order valence-corrected chi connectivity index (χ3v) is 4.77. The van der Waals surface area contributed by atoms with Crippen molar-refractivity contribution in [2.45, 2.75) is 39.0 Å². The number of nitrogens with zero attached hydrogens (tertiary/aromatic N) is 1.